The third kappa shape index (κ3) is 3.80. The number of carbonyl (C=O) groups is 1. The quantitative estimate of drug-likeness (QED) is 0.897. The standard InChI is InChI=1S/C15H21BrN2O/c1-10(11-5-4-6-12(16)9-11)18-15(19)13-7-2-3-8-14(13)17/h4-6,9-10,13-14H,2-3,7-8,17H2,1H3,(H,18,19)/t10-,13?,14?/m0/s1. The molecule has 2 unspecified atom stereocenters. The monoisotopic (exact) mass is 324 g/mol. The number of hydrogen-bond acceptors (Lipinski definition) is 2. The molecule has 1 aliphatic carbocycles. The first-order chi connectivity index (χ1) is 9.08. The van der Waals surface area contributed by atoms with Crippen LogP contribution in [0.1, 0.15) is 44.2 Å². The van der Waals surface area contributed by atoms with E-state index in [4.69, 9.17) is 5.73 Å². The number of rotatable bonds is 3. The van der Waals surface area contributed by atoms with E-state index in [1.165, 1.54) is 0 Å². The summed E-state index contributed by atoms with van der Waals surface area (Å²) >= 11 is 3.45. The Morgan fingerprint density at radius 2 is 2.16 bits per heavy atom. The van der Waals surface area contributed by atoms with E-state index >= 15 is 0 Å². The molecular weight excluding hydrogens is 304 g/mol. The Morgan fingerprint density at radius 3 is 2.84 bits per heavy atom. The fourth-order valence-electron chi connectivity index (χ4n) is 2.66. The van der Waals surface area contributed by atoms with Crippen LogP contribution < -0.4 is 11.1 Å². The molecule has 1 aromatic carbocycles. The maximum Gasteiger partial charge on any atom is 0.225 e. The van der Waals surface area contributed by atoms with Crippen molar-refractivity contribution in [3.63, 3.8) is 0 Å². The van der Waals surface area contributed by atoms with Crippen molar-refractivity contribution in [1.82, 2.24) is 5.32 Å². The molecule has 3 nitrogen and oxygen atoms in total. The first kappa shape index (κ1) is 14.5. The Labute approximate surface area is 123 Å². The van der Waals surface area contributed by atoms with E-state index in [0.717, 1.165) is 35.7 Å². The number of amides is 1. The Bertz CT molecular complexity index is 450. The first-order valence-electron chi connectivity index (χ1n) is 6.89. The molecule has 3 N–H and O–H groups in total. The minimum atomic E-state index is -0.0247. The molecule has 0 aromatic heterocycles. The van der Waals surface area contributed by atoms with E-state index in [-0.39, 0.29) is 23.9 Å². The molecule has 19 heavy (non-hydrogen) atoms. The van der Waals surface area contributed by atoms with Crippen molar-refractivity contribution in [3.05, 3.63) is 34.3 Å². The zero-order valence-corrected chi connectivity index (χ0v) is 12.8. The van der Waals surface area contributed by atoms with Gasteiger partial charge in [-0.05, 0) is 37.5 Å². The highest BCUT2D eigenvalue weighted by molar-refractivity contribution is 9.10. The van der Waals surface area contributed by atoms with E-state index in [1.807, 2.05) is 31.2 Å². The Hall–Kier alpha value is -0.870. The molecule has 1 aliphatic rings. The van der Waals surface area contributed by atoms with Gasteiger partial charge in [-0.3, -0.25) is 4.79 Å². The van der Waals surface area contributed by atoms with Gasteiger partial charge in [-0.15, -0.1) is 0 Å². The molecule has 0 spiro atoms. The summed E-state index contributed by atoms with van der Waals surface area (Å²) in [5, 5.41) is 3.08. The van der Waals surface area contributed by atoms with Crippen molar-refractivity contribution in [1.29, 1.82) is 0 Å². The molecule has 4 heteroatoms. The predicted octanol–water partition coefficient (Wildman–Crippen LogP) is 3.14. The molecule has 3 atom stereocenters. The number of halogens is 1. The van der Waals surface area contributed by atoms with Crippen molar-refractivity contribution < 1.29 is 4.79 Å². The molecular formula is C15H21BrN2O. The Kier molecular flexibility index (Phi) is 4.99. The predicted molar refractivity (Wildman–Crippen MR) is 80.6 cm³/mol. The van der Waals surface area contributed by atoms with Gasteiger partial charge in [-0.1, -0.05) is 40.9 Å². The summed E-state index contributed by atoms with van der Waals surface area (Å²) in [5.41, 5.74) is 7.15. The fourth-order valence-corrected chi connectivity index (χ4v) is 3.08. The van der Waals surface area contributed by atoms with Crippen LogP contribution in [0, 0.1) is 5.92 Å². The highest BCUT2D eigenvalue weighted by Crippen LogP contribution is 2.24. The number of nitrogens with two attached hydrogens (primary N) is 1. The van der Waals surface area contributed by atoms with Gasteiger partial charge in [0, 0.05) is 10.5 Å². The van der Waals surface area contributed by atoms with Gasteiger partial charge in [0.15, 0.2) is 0 Å². The van der Waals surface area contributed by atoms with Crippen LogP contribution >= 0.6 is 15.9 Å². The second kappa shape index (κ2) is 6.53. The molecule has 0 bridgehead atoms. The van der Waals surface area contributed by atoms with Crippen LogP contribution in [0.3, 0.4) is 0 Å². The lowest BCUT2D eigenvalue weighted by Crippen LogP contribution is -2.44. The average molecular weight is 325 g/mol. The smallest absolute Gasteiger partial charge is 0.225 e. The Balaban J connectivity index is 1.98. The summed E-state index contributed by atoms with van der Waals surface area (Å²) in [4.78, 5) is 12.3. The van der Waals surface area contributed by atoms with E-state index in [9.17, 15) is 4.79 Å². The summed E-state index contributed by atoms with van der Waals surface area (Å²) in [6.45, 7) is 2.01. The van der Waals surface area contributed by atoms with Crippen molar-refractivity contribution in [3.8, 4) is 0 Å². The number of hydrogen-bond donors (Lipinski definition) is 2. The van der Waals surface area contributed by atoms with Crippen LogP contribution in [-0.4, -0.2) is 11.9 Å². The van der Waals surface area contributed by atoms with E-state index in [1.54, 1.807) is 0 Å². The number of benzene rings is 1. The van der Waals surface area contributed by atoms with Gasteiger partial charge in [0.1, 0.15) is 0 Å². The van der Waals surface area contributed by atoms with Crippen LogP contribution in [0.4, 0.5) is 0 Å². The van der Waals surface area contributed by atoms with Crippen LogP contribution in [0.2, 0.25) is 0 Å². The van der Waals surface area contributed by atoms with Gasteiger partial charge in [0.05, 0.1) is 12.0 Å². The lowest BCUT2D eigenvalue weighted by atomic mass is 9.84. The fraction of sp³-hybridized carbons (Fsp3) is 0.533. The molecule has 0 heterocycles. The normalized spacial score (nSPS) is 24.8. The number of nitrogens with one attached hydrogen (secondary N) is 1. The van der Waals surface area contributed by atoms with Crippen molar-refractivity contribution in [2.75, 3.05) is 0 Å². The van der Waals surface area contributed by atoms with Crippen molar-refractivity contribution >= 4 is 21.8 Å². The van der Waals surface area contributed by atoms with Gasteiger partial charge < -0.3 is 11.1 Å². The van der Waals surface area contributed by atoms with E-state index < -0.39 is 0 Å². The second-order valence-electron chi connectivity index (χ2n) is 5.34. The zero-order valence-electron chi connectivity index (χ0n) is 11.2. The summed E-state index contributed by atoms with van der Waals surface area (Å²) in [7, 11) is 0. The highest BCUT2D eigenvalue weighted by atomic mass is 79.9. The maximum atomic E-state index is 12.3. The summed E-state index contributed by atoms with van der Waals surface area (Å²) in [6.07, 6.45) is 4.13. The third-order valence-electron chi connectivity index (χ3n) is 3.86. The molecule has 1 aromatic rings. The number of carbonyl (C=O) groups excluding carboxylic acids is 1. The van der Waals surface area contributed by atoms with Gasteiger partial charge in [0.25, 0.3) is 0 Å². The van der Waals surface area contributed by atoms with E-state index in [2.05, 4.69) is 21.2 Å². The molecule has 1 fully saturated rings. The summed E-state index contributed by atoms with van der Waals surface area (Å²) in [5.74, 6) is 0.0722. The van der Waals surface area contributed by atoms with Crippen LogP contribution in [-0.2, 0) is 4.79 Å². The van der Waals surface area contributed by atoms with Crippen LogP contribution in [0.5, 0.6) is 0 Å². The minimum Gasteiger partial charge on any atom is -0.349 e. The Morgan fingerprint density at radius 1 is 1.42 bits per heavy atom. The van der Waals surface area contributed by atoms with Gasteiger partial charge in [-0.25, -0.2) is 0 Å². The van der Waals surface area contributed by atoms with Crippen molar-refractivity contribution in [2.45, 2.75) is 44.7 Å². The highest BCUT2D eigenvalue weighted by Gasteiger charge is 2.28. The lowest BCUT2D eigenvalue weighted by Gasteiger charge is -2.28. The first-order valence-corrected chi connectivity index (χ1v) is 7.68. The molecule has 0 aliphatic heterocycles. The van der Waals surface area contributed by atoms with Gasteiger partial charge in [0.2, 0.25) is 5.91 Å². The summed E-state index contributed by atoms with van der Waals surface area (Å²) < 4.78 is 1.03. The van der Waals surface area contributed by atoms with E-state index in [0.29, 0.717) is 0 Å². The molecule has 2 rings (SSSR count). The SMILES string of the molecule is C[C@H](NC(=O)C1CCCCC1N)c1cccc(Br)c1. The minimum absolute atomic E-state index is 0.0131. The topological polar surface area (TPSA) is 55.1 Å². The van der Waals surface area contributed by atoms with Crippen LogP contribution in [0.25, 0.3) is 0 Å². The zero-order chi connectivity index (χ0) is 13.8. The average Bonchev–Trinajstić information content (AvgIpc) is 2.39. The maximum absolute atomic E-state index is 12.3. The largest absolute Gasteiger partial charge is 0.349 e. The van der Waals surface area contributed by atoms with Gasteiger partial charge in [-0.2, -0.15) is 0 Å². The molecule has 0 saturated heterocycles. The summed E-state index contributed by atoms with van der Waals surface area (Å²) in [6, 6.07) is 8.05. The molecule has 0 radical (unpaired) electrons. The molecule has 1 saturated carbocycles. The van der Waals surface area contributed by atoms with Gasteiger partial charge >= 0.3 is 0 Å². The lowest BCUT2D eigenvalue weighted by molar-refractivity contribution is -0.127. The third-order valence-corrected chi connectivity index (χ3v) is 4.36. The molecule has 104 valence electrons. The van der Waals surface area contributed by atoms with Crippen LogP contribution in [0.15, 0.2) is 28.7 Å². The molecule has 1 amide bonds. The second-order valence-corrected chi connectivity index (χ2v) is 6.26. The van der Waals surface area contributed by atoms with Crippen molar-refractivity contribution in [2.24, 2.45) is 11.7 Å².